The number of carboxylic acids is 1. The standard InChI is InChI=1S/C18H17NO5/c20-17(19-13-7-5-12(6-8-13)18(21)22)10-9-14-11-23-15-3-1-2-4-16(15)24-14/h1-8,14H,9-11H2,(H,19,20)(H,21,22). The highest BCUT2D eigenvalue weighted by Gasteiger charge is 2.21. The van der Waals surface area contributed by atoms with E-state index in [9.17, 15) is 9.59 Å². The molecule has 0 spiro atoms. The summed E-state index contributed by atoms with van der Waals surface area (Å²) < 4.78 is 11.4. The van der Waals surface area contributed by atoms with Crippen LogP contribution in [0.2, 0.25) is 0 Å². The van der Waals surface area contributed by atoms with Gasteiger partial charge in [0.1, 0.15) is 12.7 Å². The van der Waals surface area contributed by atoms with Gasteiger partial charge in [0.15, 0.2) is 11.5 Å². The number of para-hydroxylation sites is 2. The van der Waals surface area contributed by atoms with Gasteiger partial charge in [-0.1, -0.05) is 12.1 Å². The fourth-order valence-electron chi connectivity index (χ4n) is 2.42. The molecular formula is C18H17NO5. The molecule has 1 amide bonds. The number of aromatic carboxylic acids is 1. The summed E-state index contributed by atoms with van der Waals surface area (Å²) in [4.78, 5) is 22.8. The predicted octanol–water partition coefficient (Wildman–Crippen LogP) is 2.94. The van der Waals surface area contributed by atoms with Crippen LogP contribution in [-0.2, 0) is 4.79 Å². The summed E-state index contributed by atoms with van der Waals surface area (Å²) in [6.45, 7) is 0.414. The zero-order valence-electron chi connectivity index (χ0n) is 12.9. The highest BCUT2D eigenvalue weighted by Crippen LogP contribution is 2.31. The molecule has 0 saturated carbocycles. The van der Waals surface area contributed by atoms with E-state index < -0.39 is 5.97 Å². The fraction of sp³-hybridized carbons (Fsp3) is 0.222. The van der Waals surface area contributed by atoms with Crippen LogP contribution >= 0.6 is 0 Å². The molecule has 0 aliphatic carbocycles. The van der Waals surface area contributed by atoms with Crippen molar-refractivity contribution in [1.82, 2.24) is 0 Å². The summed E-state index contributed by atoms with van der Waals surface area (Å²) in [7, 11) is 0. The van der Waals surface area contributed by atoms with Crippen LogP contribution < -0.4 is 14.8 Å². The number of amides is 1. The van der Waals surface area contributed by atoms with Crippen molar-refractivity contribution in [1.29, 1.82) is 0 Å². The minimum absolute atomic E-state index is 0.152. The minimum Gasteiger partial charge on any atom is -0.486 e. The number of nitrogens with one attached hydrogen (secondary N) is 1. The lowest BCUT2D eigenvalue weighted by atomic mass is 10.1. The van der Waals surface area contributed by atoms with Crippen LogP contribution in [0.3, 0.4) is 0 Å². The van der Waals surface area contributed by atoms with Crippen molar-refractivity contribution in [3.05, 3.63) is 54.1 Å². The first-order chi connectivity index (χ1) is 11.6. The zero-order chi connectivity index (χ0) is 16.9. The van der Waals surface area contributed by atoms with Gasteiger partial charge in [-0.3, -0.25) is 4.79 Å². The smallest absolute Gasteiger partial charge is 0.335 e. The second kappa shape index (κ2) is 7.04. The summed E-state index contributed by atoms with van der Waals surface area (Å²) in [5, 5.41) is 11.6. The Bertz CT molecular complexity index is 741. The van der Waals surface area contributed by atoms with Gasteiger partial charge in [-0.05, 0) is 42.8 Å². The van der Waals surface area contributed by atoms with Gasteiger partial charge in [0.2, 0.25) is 5.91 Å². The zero-order valence-corrected chi connectivity index (χ0v) is 12.9. The molecule has 2 aromatic rings. The third kappa shape index (κ3) is 3.84. The van der Waals surface area contributed by atoms with E-state index in [0.717, 1.165) is 5.75 Å². The third-order valence-corrected chi connectivity index (χ3v) is 3.68. The number of carbonyl (C=O) groups excluding carboxylic acids is 1. The molecule has 2 N–H and O–H groups in total. The van der Waals surface area contributed by atoms with Crippen molar-refractivity contribution >= 4 is 17.6 Å². The van der Waals surface area contributed by atoms with Crippen molar-refractivity contribution in [2.45, 2.75) is 18.9 Å². The summed E-state index contributed by atoms with van der Waals surface area (Å²) >= 11 is 0. The number of rotatable bonds is 5. The highest BCUT2D eigenvalue weighted by molar-refractivity contribution is 5.92. The molecule has 1 heterocycles. The Hall–Kier alpha value is -3.02. The number of ether oxygens (including phenoxy) is 2. The fourth-order valence-corrected chi connectivity index (χ4v) is 2.42. The number of benzene rings is 2. The van der Waals surface area contributed by atoms with Crippen LogP contribution in [0.5, 0.6) is 11.5 Å². The molecule has 6 heteroatoms. The molecule has 6 nitrogen and oxygen atoms in total. The lowest BCUT2D eigenvalue weighted by Gasteiger charge is -2.26. The maximum atomic E-state index is 12.0. The lowest BCUT2D eigenvalue weighted by Crippen LogP contribution is -2.30. The highest BCUT2D eigenvalue weighted by atomic mass is 16.6. The van der Waals surface area contributed by atoms with Gasteiger partial charge in [0.25, 0.3) is 0 Å². The van der Waals surface area contributed by atoms with Gasteiger partial charge in [0.05, 0.1) is 5.56 Å². The predicted molar refractivity (Wildman–Crippen MR) is 87.6 cm³/mol. The molecule has 1 aliphatic rings. The molecule has 0 bridgehead atoms. The van der Waals surface area contributed by atoms with E-state index in [2.05, 4.69) is 5.32 Å². The molecule has 0 aromatic heterocycles. The molecule has 2 aromatic carbocycles. The minimum atomic E-state index is -0.998. The Morgan fingerprint density at radius 1 is 1.08 bits per heavy atom. The SMILES string of the molecule is O=C(CCC1COc2ccccc2O1)Nc1ccc(C(=O)O)cc1. The Morgan fingerprint density at radius 3 is 2.50 bits per heavy atom. The summed E-state index contributed by atoms with van der Waals surface area (Å²) in [5.41, 5.74) is 0.746. The molecule has 0 fully saturated rings. The van der Waals surface area contributed by atoms with E-state index >= 15 is 0 Å². The van der Waals surface area contributed by atoms with E-state index in [1.165, 1.54) is 12.1 Å². The van der Waals surface area contributed by atoms with Gasteiger partial charge < -0.3 is 19.9 Å². The monoisotopic (exact) mass is 327 g/mol. The van der Waals surface area contributed by atoms with E-state index in [1.54, 1.807) is 12.1 Å². The quantitative estimate of drug-likeness (QED) is 0.882. The molecule has 0 saturated heterocycles. The van der Waals surface area contributed by atoms with Crippen molar-refractivity contribution in [3.8, 4) is 11.5 Å². The van der Waals surface area contributed by atoms with Crippen molar-refractivity contribution < 1.29 is 24.2 Å². The summed E-state index contributed by atoms with van der Waals surface area (Å²) in [6.07, 6.45) is 0.657. The molecule has 1 atom stereocenters. The number of hydrogen-bond acceptors (Lipinski definition) is 4. The molecule has 1 unspecified atom stereocenters. The Kier molecular flexibility index (Phi) is 4.65. The number of hydrogen-bond donors (Lipinski definition) is 2. The second-order valence-corrected chi connectivity index (χ2v) is 5.47. The van der Waals surface area contributed by atoms with E-state index in [-0.39, 0.29) is 24.0 Å². The van der Waals surface area contributed by atoms with Crippen molar-refractivity contribution in [2.75, 3.05) is 11.9 Å². The maximum Gasteiger partial charge on any atom is 0.335 e. The average Bonchev–Trinajstić information content (AvgIpc) is 2.60. The lowest BCUT2D eigenvalue weighted by molar-refractivity contribution is -0.116. The van der Waals surface area contributed by atoms with Gasteiger partial charge in [-0.15, -0.1) is 0 Å². The van der Waals surface area contributed by atoms with Crippen molar-refractivity contribution in [2.24, 2.45) is 0 Å². The van der Waals surface area contributed by atoms with Crippen LogP contribution in [-0.4, -0.2) is 29.7 Å². The van der Waals surface area contributed by atoms with E-state index in [0.29, 0.717) is 24.5 Å². The van der Waals surface area contributed by atoms with Crippen LogP contribution in [0.15, 0.2) is 48.5 Å². The topological polar surface area (TPSA) is 84.9 Å². The number of fused-ring (bicyclic) bond motifs is 1. The largest absolute Gasteiger partial charge is 0.486 e. The number of carboxylic acid groups (broad SMARTS) is 1. The summed E-state index contributed by atoms with van der Waals surface area (Å²) in [5.74, 6) is 0.262. The van der Waals surface area contributed by atoms with Crippen molar-refractivity contribution in [3.63, 3.8) is 0 Å². The Balaban J connectivity index is 1.48. The number of carbonyl (C=O) groups is 2. The molecule has 24 heavy (non-hydrogen) atoms. The number of anilines is 1. The van der Waals surface area contributed by atoms with Crippen LogP contribution in [0.25, 0.3) is 0 Å². The first kappa shape index (κ1) is 15.9. The van der Waals surface area contributed by atoms with Crippen LogP contribution in [0.1, 0.15) is 23.2 Å². The van der Waals surface area contributed by atoms with Gasteiger partial charge >= 0.3 is 5.97 Å². The van der Waals surface area contributed by atoms with E-state index in [4.69, 9.17) is 14.6 Å². The first-order valence-corrected chi connectivity index (χ1v) is 7.63. The second-order valence-electron chi connectivity index (χ2n) is 5.47. The molecule has 1 aliphatic heterocycles. The Labute approximate surface area is 139 Å². The van der Waals surface area contributed by atoms with Crippen LogP contribution in [0.4, 0.5) is 5.69 Å². The van der Waals surface area contributed by atoms with Gasteiger partial charge in [-0.2, -0.15) is 0 Å². The third-order valence-electron chi connectivity index (χ3n) is 3.68. The molecule has 124 valence electrons. The average molecular weight is 327 g/mol. The molecule has 0 radical (unpaired) electrons. The maximum absolute atomic E-state index is 12.0. The first-order valence-electron chi connectivity index (χ1n) is 7.63. The van der Waals surface area contributed by atoms with E-state index in [1.807, 2.05) is 24.3 Å². The van der Waals surface area contributed by atoms with Crippen LogP contribution in [0, 0.1) is 0 Å². The molecule has 3 rings (SSSR count). The Morgan fingerprint density at radius 2 is 1.79 bits per heavy atom. The van der Waals surface area contributed by atoms with Gasteiger partial charge in [0, 0.05) is 12.1 Å². The van der Waals surface area contributed by atoms with Gasteiger partial charge in [-0.25, -0.2) is 4.79 Å². The normalized spacial score (nSPS) is 15.6. The molecular weight excluding hydrogens is 310 g/mol. The summed E-state index contributed by atoms with van der Waals surface area (Å²) in [6, 6.07) is 13.5.